The van der Waals surface area contributed by atoms with Crippen LogP contribution >= 0.6 is 0 Å². The Morgan fingerprint density at radius 3 is 2.88 bits per heavy atom. The van der Waals surface area contributed by atoms with Crippen LogP contribution in [0.4, 0.5) is 5.82 Å². The molecule has 0 aromatic carbocycles. The summed E-state index contributed by atoms with van der Waals surface area (Å²) in [7, 11) is 0. The fourth-order valence-electron chi connectivity index (χ4n) is 1.90. The molecule has 0 saturated carbocycles. The van der Waals surface area contributed by atoms with Gasteiger partial charge in [-0.15, -0.1) is 0 Å². The Balaban J connectivity index is 2.21. The highest BCUT2D eigenvalue weighted by Crippen LogP contribution is 2.32. The van der Waals surface area contributed by atoms with Crippen LogP contribution in [0.2, 0.25) is 0 Å². The fourth-order valence-corrected chi connectivity index (χ4v) is 1.90. The number of likely N-dealkylation sites (tertiary alicyclic amines) is 1. The molecule has 1 unspecified atom stereocenters. The van der Waals surface area contributed by atoms with Crippen molar-refractivity contribution >= 4 is 11.7 Å². The molecular formula is C10H15N5O. The Morgan fingerprint density at radius 2 is 2.38 bits per heavy atom. The van der Waals surface area contributed by atoms with Crippen LogP contribution in [0, 0.1) is 6.92 Å². The minimum Gasteiger partial charge on any atom is -0.384 e. The van der Waals surface area contributed by atoms with Crippen molar-refractivity contribution in [2.75, 3.05) is 18.8 Å². The predicted octanol–water partition coefficient (Wildman–Crippen LogP) is -0.401. The predicted molar refractivity (Wildman–Crippen MR) is 59.3 cm³/mol. The van der Waals surface area contributed by atoms with Crippen LogP contribution in [0.5, 0.6) is 0 Å². The van der Waals surface area contributed by atoms with E-state index in [1.165, 1.54) is 0 Å². The van der Waals surface area contributed by atoms with Crippen molar-refractivity contribution in [2.45, 2.75) is 19.4 Å². The molecule has 1 amide bonds. The lowest BCUT2D eigenvalue weighted by Gasteiger charge is -2.40. The number of hydrogen-bond donors (Lipinski definition) is 2. The van der Waals surface area contributed by atoms with E-state index in [2.05, 4.69) is 9.97 Å². The summed E-state index contributed by atoms with van der Waals surface area (Å²) in [5.74, 6) is 1.02. The zero-order valence-corrected chi connectivity index (χ0v) is 9.18. The number of hydrogen-bond acceptors (Lipinski definition) is 5. The molecule has 0 radical (unpaired) electrons. The summed E-state index contributed by atoms with van der Waals surface area (Å²) in [4.78, 5) is 21.5. The van der Waals surface area contributed by atoms with E-state index in [1.54, 1.807) is 17.9 Å². The quantitative estimate of drug-likeness (QED) is 0.708. The molecule has 6 nitrogen and oxygen atoms in total. The van der Waals surface area contributed by atoms with Crippen molar-refractivity contribution in [1.82, 2.24) is 14.9 Å². The number of nitrogens with zero attached hydrogens (tertiary/aromatic N) is 3. The van der Waals surface area contributed by atoms with E-state index in [4.69, 9.17) is 11.5 Å². The molecule has 1 aliphatic heterocycles. The van der Waals surface area contributed by atoms with Gasteiger partial charge in [0.1, 0.15) is 11.6 Å². The van der Waals surface area contributed by atoms with E-state index < -0.39 is 0 Å². The monoisotopic (exact) mass is 221 g/mol. The standard InChI is InChI=1S/C10H15N5O/c1-6-13-7(4-9(12)14-6)8-2-3-15(8)10(16)5-11/h4,8H,2-3,5,11H2,1H3,(H2,12,13,14). The summed E-state index contributed by atoms with van der Waals surface area (Å²) in [5.41, 5.74) is 11.8. The van der Waals surface area contributed by atoms with E-state index in [9.17, 15) is 4.79 Å². The van der Waals surface area contributed by atoms with Crippen LogP contribution < -0.4 is 11.5 Å². The van der Waals surface area contributed by atoms with Crippen molar-refractivity contribution in [2.24, 2.45) is 5.73 Å². The van der Waals surface area contributed by atoms with E-state index >= 15 is 0 Å². The summed E-state index contributed by atoms with van der Waals surface area (Å²) < 4.78 is 0. The molecular weight excluding hydrogens is 206 g/mol. The zero-order valence-electron chi connectivity index (χ0n) is 9.18. The molecule has 2 rings (SSSR count). The third-order valence-corrected chi connectivity index (χ3v) is 2.73. The SMILES string of the molecule is Cc1nc(N)cc(C2CCN2C(=O)CN)n1. The second kappa shape index (κ2) is 4.05. The summed E-state index contributed by atoms with van der Waals surface area (Å²) in [6, 6.07) is 1.73. The average Bonchev–Trinajstić information content (AvgIpc) is 2.14. The number of amides is 1. The lowest BCUT2D eigenvalue weighted by molar-refractivity contribution is -0.137. The van der Waals surface area contributed by atoms with Crippen LogP contribution in [0.3, 0.4) is 0 Å². The highest BCUT2D eigenvalue weighted by molar-refractivity contribution is 5.79. The Hall–Kier alpha value is -1.69. The molecule has 1 saturated heterocycles. The molecule has 0 bridgehead atoms. The minimum absolute atomic E-state index is 0.0139. The zero-order chi connectivity index (χ0) is 11.7. The van der Waals surface area contributed by atoms with Gasteiger partial charge in [-0.25, -0.2) is 9.97 Å². The van der Waals surface area contributed by atoms with Gasteiger partial charge in [0, 0.05) is 12.6 Å². The lowest BCUT2D eigenvalue weighted by atomic mass is 9.99. The number of nitrogens with two attached hydrogens (primary N) is 2. The van der Waals surface area contributed by atoms with Crippen LogP contribution in [-0.4, -0.2) is 33.9 Å². The molecule has 1 fully saturated rings. The molecule has 0 spiro atoms. The minimum atomic E-state index is -0.0499. The molecule has 6 heteroatoms. The van der Waals surface area contributed by atoms with Crippen molar-refractivity contribution in [3.63, 3.8) is 0 Å². The number of rotatable bonds is 2. The largest absolute Gasteiger partial charge is 0.384 e. The first kappa shape index (κ1) is 10.8. The number of aromatic nitrogens is 2. The molecule has 2 heterocycles. The van der Waals surface area contributed by atoms with Gasteiger partial charge in [-0.3, -0.25) is 4.79 Å². The molecule has 4 N–H and O–H groups in total. The smallest absolute Gasteiger partial charge is 0.236 e. The Bertz CT molecular complexity index is 399. The van der Waals surface area contributed by atoms with Gasteiger partial charge in [-0.05, 0) is 13.3 Å². The summed E-state index contributed by atoms with van der Waals surface area (Å²) in [5, 5.41) is 0. The van der Waals surface area contributed by atoms with Gasteiger partial charge in [-0.2, -0.15) is 0 Å². The molecule has 86 valence electrons. The number of aryl methyl sites for hydroxylation is 1. The normalized spacial score (nSPS) is 19.4. The van der Waals surface area contributed by atoms with Crippen LogP contribution in [0.15, 0.2) is 6.07 Å². The molecule has 1 atom stereocenters. The van der Waals surface area contributed by atoms with E-state index in [0.29, 0.717) is 11.6 Å². The second-order valence-corrected chi connectivity index (χ2v) is 3.86. The number of anilines is 1. The van der Waals surface area contributed by atoms with Crippen LogP contribution in [0.1, 0.15) is 24.0 Å². The van der Waals surface area contributed by atoms with Gasteiger partial charge in [0.2, 0.25) is 5.91 Å². The first-order valence-electron chi connectivity index (χ1n) is 5.22. The second-order valence-electron chi connectivity index (χ2n) is 3.86. The van der Waals surface area contributed by atoms with Crippen LogP contribution in [-0.2, 0) is 4.79 Å². The van der Waals surface area contributed by atoms with Crippen molar-refractivity contribution < 1.29 is 4.79 Å². The summed E-state index contributed by atoms with van der Waals surface area (Å²) in [6.45, 7) is 2.56. The Kier molecular flexibility index (Phi) is 2.74. The van der Waals surface area contributed by atoms with Gasteiger partial charge in [0.05, 0.1) is 18.3 Å². The molecule has 16 heavy (non-hydrogen) atoms. The maximum Gasteiger partial charge on any atom is 0.236 e. The van der Waals surface area contributed by atoms with E-state index in [-0.39, 0.29) is 18.5 Å². The average molecular weight is 221 g/mol. The maximum atomic E-state index is 11.5. The number of nitrogen functional groups attached to an aromatic ring is 1. The maximum absolute atomic E-state index is 11.5. The highest BCUT2D eigenvalue weighted by atomic mass is 16.2. The van der Waals surface area contributed by atoms with Gasteiger partial charge >= 0.3 is 0 Å². The third kappa shape index (κ3) is 1.83. The summed E-state index contributed by atoms with van der Waals surface area (Å²) >= 11 is 0. The van der Waals surface area contributed by atoms with E-state index in [1.807, 2.05) is 0 Å². The van der Waals surface area contributed by atoms with Gasteiger partial charge in [0.25, 0.3) is 0 Å². The molecule has 1 aromatic heterocycles. The lowest BCUT2D eigenvalue weighted by Crippen LogP contribution is -2.48. The van der Waals surface area contributed by atoms with Gasteiger partial charge in [0.15, 0.2) is 0 Å². The van der Waals surface area contributed by atoms with Gasteiger partial charge < -0.3 is 16.4 Å². The number of carbonyl (C=O) groups is 1. The summed E-state index contributed by atoms with van der Waals surface area (Å²) in [6.07, 6.45) is 0.904. The van der Waals surface area contributed by atoms with Crippen molar-refractivity contribution in [1.29, 1.82) is 0 Å². The van der Waals surface area contributed by atoms with Crippen molar-refractivity contribution in [3.05, 3.63) is 17.6 Å². The van der Waals surface area contributed by atoms with Crippen molar-refractivity contribution in [3.8, 4) is 0 Å². The molecule has 1 aliphatic rings. The topological polar surface area (TPSA) is 98.1 Å². The Labute approximate surface area is 93.7 Å². The molecule has 0 aliphatic carbocycles. The van der Waals surface area contributed by atoms with Gasteiger partial charge in [-0.1, -0.05) is 0 Å². The van der Waals surface area contributed by atoms with E-state index in [0.717, 1.165) is 18.7 Å². The van der Waals surface area contributed by atoms with Crippen LogP contribution in [0.25, 0.3) is 0 Å². The highest BCUT2D eigenvalue weighted by Gasteiger charge is 2.33. The first-order chi connectivity index (χ1) is 7.61. The number of carbonyl (C=O) groups excluding carboxylic acids is 1. The Morgan fingerprint density at radius 1 is 1.62 bits per heavy atom. The fraction of sp³-hybridized carbons (Fsp3) is 0.500. The first-order valence-corrected chi connectivity index (χ1v) is 5.22. The molecule has 1 aromatic rings. The third-order valence-electron chi connectivity index (χ3n) is 2.73.